The van der Waals surface area contributed by atoms with E-state index in [0.29, 0.717) is 45.6 Å². The number of nitrogens with zero attached hydrogens (tertiary/aromatic N) is 1. The van der Waals surface area contributed by atoms with Crippen molar-refractivity contribution in [3.8, 4) is 11.5 Å². The summed E-state index contributed by atoms with van der Waals surface area (Å²) < 4.78 is 93.5. The summed E-state index contributed by atoms with van der Waals surface area (Å²) in [5.41, 5.74) is -0.130. The maximum absolute atomic E-state index is 13.8. The van der Waals surface area contributed by atoms with Crippen LogP contribution >= 0.6 is 22.6 Å². The van der Waals surface area contributed by atoms with Crippen LogP contribution < -0.4 is 9.64 Å². The van der Waals surface area contributed by atoms with Gasteiger partial charge in [-0.25, -0.2) is 4.90 Å². The Balaban J connectivity index is 1.41. The van der Waals surface area contributed by atoms with Crippen molar-refractivity contribution in [2.45, 2.75) is 64.4 Å². The molecule has 2 amide bonds. The first-order valence-electron chi connectivity index (χ1n) is 14.9. The zero-order chi connectivity index (χ0) is 33.7. The van der Waals surface area contributed by atoms with Crippen LogP contribution in [0.2, 0.25) is 0 Å². The lowest BCUT2D eigenvalue weighted by Gasteiger charge is -2.31. The molecule has 2 heterocycles. The lowest BCUT2D eigenvalue weighted by molar-refractivity contribution is -0.143. The Bertz CT molecular complexity index is 1580. The molecule has 0 saturated carbocycles. The topological polar surface area (TPSA) is 76.1 Å². The molecule has 2 saturated heterocycles. The van der Waals surface area contributed by atoms with Gasteiger partial charge in [-0.15, -0.1) is 0 Å². The number of allylic oxidation sites excluding steroid dienone is 2. The average Bonchev–Trinajstić information content (AvgIpc) is 3.53. The van der Waals surface area contributed by atoms with Crippen molar-refractivity contribution in [2.75, 3.05) is 18.6 Å². The van der Waals surface area contributed by atoms with Crippen LogP contribution in [0.3, 0.4) is 0 Å². The third-order valence-corrected chi connectivity index (χ3v) is 9.91. The monoisotopic (exact) mass is 763 g/mol. The fourth-order valence-corrected chi connectivity index (χ4v) is 7.50. The number of carbonyl (C=O) groups is 2. The third kappa shape index (κ3) is 6.41. The first-order chi connectivity index (χ1) is 21.6. The normalized spacial score (nSPS) is 23.7. The van der Waals surface area contributed by atoms with E-state index < -0.39 is 58.7 Å². The van der Waals surface area contributed by atoms with E-state index in [4.69, 9.17) is 9.47 Å². The molecule has 46 heavy (non-hydrogen) atoms. The number of imide groups is 1. The Morgan fingerprint density at radius 1 is 1.02 bits per heavy atom. The van der Waals surface area contributed by atoms with Gasteiger partial charge in [0.15, 0.2) is 11.5 Å². The van der Waals surface area contributed by atoms with Gasteiger partial charge in [0.2, 0.25) is 11.8 Å². The van der Waals surface area contributed by atoms with E-state index in [1.807, 2.05) is 48.6 Å². The molecule has 13 heteroatoms. The van der Waals surface area contributed by atoms with Crippen molar-refractivity contribution in [2.24, 2.45) is 17.8 Å². The molecule has 4 atom stereocenters. The van der Waals surface area contributed by atoms with Gasteiger partial charge in [-0.1, -0.05) is 31.1 Å². The Morgan fingerprint density at radius 3 is 2.24 bits per heavy atom. The molecular formula is C33H32F6INO5. The Labute approximate surface area is 275 Å². The molecule has 0 unspecified atom stereocenters. The summed E-state index contributed by atoms with van der Waals surface area (Å²) in [5.74, 6) is -3.55. The SMILES string of the molecule is CCC1=C2[C@@H](CC/C(=C/c3cc(I)c(O)c(OC)c3)CC)OC[C@@H]2[C@@H]2C(=O)N(c3cc(C(F)(F)F)cc(C(F)(F)F)c3)C(=O)[C@@H]2C1. The first kappa shape index (κ1) is 34.3. The highest BCUT2D eigenvalue weighted by atomic mass is 127. The Morgan fingerprint density at radius 2 is 1.67 bits per heavy atom. The summed E-state index contributed by atoms with van der Waals surface area (Å²) in [4.78, 5) is 27.8. The van der Waals surface area contributed by atoms with Crippen molar-refractivity contribution in [3.05, 3.63) is 67.3 Å². The zero-order valence-electron chi connectivity index (χ0n) is 25.2. The quantitative estimate of drug-likeness (QED) is 0.126. The summed E-state index contributed by atoms with van der Waals surface area (Å²) in [6.45, 7) is 4.05. The maximum Gasteiger partial charge on any atom is 0.416 e. The van der Waals surface area contributed by atoms with E-state index in [2.05, 4.69) is 0 Å². The number of halogens is 7. The van der Waals surface area contributed by atoms with Crippen LogP contribution in [0.4, 0.5) is 32.0 Å². The van der Waals surface area contributed by atoms with Crippen LogP contribution in [-0.2, 0) is 26.7 Å². The van der Waals surface area contributed by atoms with Crippen LogP contribution in [-0.4, -0.2) is 36.7 Å². The number of methoxy groups -OCH3 is 1. The van der Waals surface area contributed by atoms with E-state index in [-0.39, 0.29) is 30.9 Å². The summed E-state index contributed by atoms with van der Waals surface area (Å²) in [6, 6.07) is 4.41. The van der Waals surface area contributed by atoms with Gasteiger partial charge < -0.3 is 14.6 Å². The molecule has 248 valence electrons. The second kappa shape index (κ2) is 12.9. The summed E-state index contributed by atoms with van der Waals surface area (Å²) in [6.07, 6.45) is -5.88. The van der Waals surface area contributed by atoms with Crippen LogP contribution in [0.1, 0.15) is 62.6 Å². The Hall–Kier alpha value is -3.07. The fraction of sp³-hybridized carbons (Fsp3) is 0.455. The predicted molar refractivity (Wildman–Crippen MR) is 166 cm³/mol. The van der Waals surface area contributed by atoms with E-state index in [0.717, 1.165) is 28.7 Å². The predicted octanol–water partition coefficient (Wildman–Crippen LogP) is 8.55. The highest BCUT2D eigenvalue weighted by Crippen LogP contribution is 2.52. The van der Waals surface area contributed by atoms with Crippen molar-refractivity contribution in [3.63, 3.8) is 0 Å². The second-order valence-corrected chi connectivity index (χ2v) is 12.9. The summed E-state index contributed by atoms with van der Waals surface area (Å²) in [5, 5.41) is 10.2. The number of amides is 2. The van der Waals surface area contributed by atoms with Crippen molar-refractivity contribution < 1.29 is 50.5 Å². The minimum atomic E-state index is -5.12. The number of fused-ring (bicyclic) bond motifs is 3. The number of phenolic OH excluding ortho intramolecular Hbond substituents is 1. The number of aromatic hydroxyl groups is 1. The van der Waals surface area contributed by atoms with E-state index >= 15 is 0 Å². The first-order valence-corrected chi connectivity index (χ1v) is 15.9. The van der Waals surface area contributed by atoms with Crippen LogP contribution in [0, 0.1) is 21.3 Å². The number of phenols is 1. The smallest absolute Gasteiger partial charge is 0.416 e. The lowest BCUT2D eigenvalue weighted by atomic mass is 9.69. The number of benzene rings is 2. The van der Waals surface area contributed by atoms with E-state index in [1.54, 1.807) is 6.07 Å². The number of ether oxygens (including phenoxy) is 2. The molecule has 0 bridgehead atoms. The molecule has 3 aliphatic rings. The molecule has 0 aromatic heterocycles. The number of alkyl halides is 6. The zero-order valence-corrected chi connectivity index (χ0v) is 27.3. The lowest BCUT2D eigenvalue weighted by Crippen LogP contribution is -2.34. The standard InChI is InChI=1S/C33H32F6INO5/c1-4-16(8-17-9-24(40)29(42)26(10-17)45-3)6-7-25-27-18(5-2)11-22-28(23(27)15-46-25)31(44)41(30(22)43)21-13-19(32(34,35)36)12-20(14-21)33(37,38)39/h8-10,12-14,22-23,25,28,42H,4-7,11,15H2,1-3H3/b16-8+/t22-,23+,25-,28-/m1/s1. The van der Waals surface area contributed by atoms with Crippen LogP contribution in [0.5, 0.6) is 11.5 Å². The maximum atomic E-state index is 13.8. The minimum absolute atomic E-state index is 0.0240. The number of rotatable bonds is 8. The van der Waals surface area contributed by atoms with Crippen molar-refractivity contribution in [1.82, 2.24) is 0 Å². The third-order valence-electron chi connectivity index (χ3n) is 9.09. The second-order valence-electron chi connectivity index (χ2n) is 11.7. The average molecular weight is 764 g/mol. The Kier molecular flexibility index (Phi) is 9.57. The molecule has 1 N–H and O–H groups in total. The van der Waals surface area contributed by atoms with Gasteiger partial charge in [0, 0.05) is 5.92 Å². The van der Waals surface area contributed by atoms with Gasteiger partial charge in [-0.05, 0) is 96.2 Å². The highest BCUT2D eigenvalue weighted by molar-refractivity contribution is 14.1. The molecule has 6 nitrogen and oxygen atoms in total. The van der Waals surface area contributed by atoms with Gasteiger partial charge in [0.1, 0.15) is 0 Å². The van der Waals surface area contributed by atoms with E-state index in [9.17, 15) is 41.0 Å². The molecule has 2 aromatic rings. The molecule has 2 aliphatic heterocycles. The molecule has 1 aliphatic carbocycles. The number of anilines is 1. The van der Waals surface area contributed by atoms with Gasteiger partial charge in [0.05, 0.1) is 52.0 Å². The molecular weight excluding hydrogens is 731 g/mol. The van der Waals surface area contributed by atoms with Crippen molar-refractivity contribution in [1.29, 1.82) is 0 Å². The van der Waals surface area contributed by atoms with Crippen LogP contribution in [0.15, 0.2) is 47.1 Å². The fourth-order valence-electron chi connectivity index (χ4n) is 6.87. The molecule has 2 fully saturated rings. The number of hydrogen-bond donors (Lipinski definition) is 1. The largest absolute Gasteiger partial charge is 0.504 e. The molecule has 0 spiro atoms. The summed E-state index contributed by atoms with van der Waals surface area (Å²) in [7, 11) is 1.47. The highest BCUT2D eigenvalue weighted by Gasteiger charge is 2.57. The molecule has 5 rings (SSSR count). The molecule has 2 aromatic carbocycles. The minimum Gasteiger partial charge on any atom is -0.504 e. The van der Waals surface area contributed by atoms with Gasteiger partial charge in [-0.3, -0.25) is 9.59 Å². The van der Waals surface area contributed by atoms with Crippen molar-refractivity contribution >= 4 is 46.2 Å². The van der Waals surface area contributed by atoms with Gasteiger partial charge >= 0.3 is 12.4 Å². The molecule has 0 radical (unpaired) electrons. The van der Waals surface area contributed by atoms with Gasteiger partial charge in [-0.2, -0.15) is 26.3 Å². The van der Waals surface area contributed by atoms with E-state index in [1.165, 1.54) is 7.11 Å². The number of carbonyl (C=O) groups excluding carboxylic acids is 2. The van der Waals surface area contributed by atoms with Gasteiger partial charge in [0.25, 0.3) is 0 Å². The summed E-state index contributed by atoms with van der Waals surface area (Å²) >= 11 is 2.03. The van der Waals surface area contributed by atoms with Crippen LogP contribution in [0.25, 0.3) is 6.08 Å². The number of hydrogen-bond acceptors (Lipinski definition) is 5.